The number of hydrogen-bond acceptors (Lipinski definition) is 3. The van der Waals surface area contributed by atoms with E-state index in [1.54, 1.807) is 6.92 Å². The van der Waals surface area contributed by atoms with Crippen molar-refractivity contribution in [2.24, 2.45) is 5.92 Å². The van der Waals surface area contributed by atoms with Gasteiger partial charge in [0, 0.05) is 6.04 Å². The Balaban J connectivity index is 2.23. The third-order valence-electron chi connectivity index (χ3n) is 3.77. The molecular weight excluding hydrogens is 247 g/mol. The van der Waals surface area contributed by atoms with Crippen LogP contribution < -0.4 is 5.32 Å². The van der Waals surface area contributed by atoms with Crippen LogP contribution in [0.3, 0.4) is 0 Å². The van der Waals surface area contributed by atoms with Crippen molar-refractivity contribution < 1.29 is 9.31 Å². The first-order chi connectivity index (χ1) is 8.97. The molecule has 1 N–H and O–H groups in total. The van der Waals surface area contributed by atoms with Crippen LogP contribution in [0.15, 0.2) is 12.1 Å². The fourth-order valence-corrected chi connectivity index (χ4v) is 2.72. The Bertz CT molecular complexity index is 491. The number of aryl methyl sites for hydroxylation is 1. The van der Waals surface area contributed by atoms with Gasteiger partial charge in [0.2, 0.25) is 0 Å². The molecule has 0 radical (unpaired) electrons. The molecule has 0 heterocycles. The average molecular weight is 266 g/mol. The zero-order valence-electron chi connectivity index (χ0n) is 11.3. The van der Waals surface area contributed by atoms with E-state index in [1.807, 2.05) is 0 Å². The van der Waals surface area contributed by atoms with Crippen molar-refractivity contribution in [1.29, 1.82) is 0 Å². The Morgan fingerprint density at radius 3 is 2.79 bits per heavy atom. The van der Waals surface area contributed by atoms with Crippen LogP contribution in [-0.2, 0) is 0 Å². The van der Waals surface area contributed by atoms with Crippen molar-refractivity contribution in [3.8, 4) is 0 Å². The molecule has 19 heavy (non-hydrogen) atoms. The van der Waals surface area contributed by atoms with Gasteiger partial charge in [-0.25, -0.2) is 4.39 Å². The normalized spacial score (nSPS) is 23.1. The molecule has 0 saturated heterocycles. The fourth-order valence-electron chi connectivity index (χ4n) is 2.72. The number of nitro groups is 1. The van der Waals surface area contributed by atoms with Crippen molar-refractivity contribution in [3.63, 3.8) is 0 Å². The van der Waals surface area contributed by atoms with Gasteiger partial charge in [-0.15, -0.1) is 0 Å². The SMILES string of the molecule is Cc1cc(NC2CCCC(C)C2)c([N+](=O)[O-])cc1F. The molecule has 2 rings (SSSR count). The molecule has 4 nitrogen and oxygen atoms in total. The molecular formula is C14H19FN2O2. The smallest absolute Gasteiger partial charge is 0.295 e. The van der Waals surface area contributed by atoms with Crippen LogP contribution in [0.2, 0.25) is 0 Å². The number of benzene rings is 1. The lowest BCUT2D eigenvalue weighted by molar-refractivity contribution is -0.384. The maximum atomic E-state index is 13.4. The summed E-state index contributed by atoms with van der Waals surface area (Å²) in [6, 6.07) is 2.78. The molecule has 1 aliphatic rings. The highest BCUT2D eigenvalue weighted by molar-refractivity contribution is 5.63. The molecule has 1 saturated carbocycles. The van der Waals surface area contributed by atoms with Gasteiger partial charge >= 0.3 is 0 Å². The highest BCUT2D eigenvalue weighted by Gasteiger charge is 2.23. The largest absolute Gasteiger partial charge is 0.377 e. The molecule has 0 spiro atoms. The zero-order chi connectivity index (χ0) is 14.0. The van der Waals surface area contributed by atoms with Gasteiger partial charge in [0.25, 0.3) is 5.69 Å². The first-order valence-corrected chi connectivity index (χ1v) is 6.68. The molecule has 0 aromatic heterocycles. The molecule has 1 aromatic carbocycles. The van der Waals surface area contributed by atoms with Crippen LogP contribution in [0.1, 0.15) is 38.2 Å². The van der Waals surface area contributed by atoms with E-state index in [1.165, 1.54) is 12.5 Å². The maximum Gasteiger partial charge on any atom is 0.295 e. The van der Waals surface area contributed by atoms with Crippen molar-refractivity contribution in [3.05, 3.63) is 33.6 Å². The van der Waals surface area contributed by atoms with Gasteiger partial charge in [-0.2, -0.15) is 0 Å². The Kier molecular flexibility index (Phi) is 4.02. The lowest BCUT2D eigenvalue weighted by atomic mass is 9.87. The summed E-state index contributed by atoms with van der Waals surface area (Å²) >= 11 is 0. The first kappa shape index (κ1) is 13.8. The summed E-state index contributed by atoms with van der Waals surface area (Å²) in [6.07, 6.45) is 4.36. The predicted octanol–water partition coefficient (Wildman–Crippen LogP) is 4.03. The summed E-state index contributed by atoms with van der Waals surface area (Å²) in [4.78, 5) is 10.5. The summed E-state index contributed by atoms with van der Waals surface area (Å²) in [5, 5.41) is 14.2. The second-order valence-electron chi connectivity index (χ2n) is 5.49. The van der Waals surface area contributed by atoms with Gasteiger partial charge in [-0.3, -0.25) is 10.1 Å². The third-order valence-corrected chi connectivity index (χ3v) is 3.77. The zero-order valence-corrected chi connectivity index (χ0v) is 11.3. The van der Waals surface area contributed by atoms with Crippen molar-refractivity contribution in [2.45, 2.75) is 45.6 Å². The number of halogens is 1. The summed E-state index contributed by atoms with van der Waals surface area (Å²) in [7, 11) is 0. The molecule has 5 heteroatoms. The molecule has 104 valence electrons. The molecule has 1 aliphatic carbocycles. The van der Waals surface area contributed by atoms with Gasteiger partial charge in [-0.05, 0) is 37.3 Å². The minimum absolute atomic E-state index is 0.179. The highest BCUT2D eigenvalue weighted by atomic mass is 19.1. The van der Waals surface area contributed by atoms with E-state index < -0.39 is 10.7 Å². The molecule has 0 bridgehead atoms. The van der Waals surface area contributed by atoms with Crippen LogP contribution in [0.25, 0.3) is 0 Å². The Morgan fingerprint density at radius 1 is 1.42 bits per heavy atom. The van der Waals surface area contributed by atoms with Crippen molar-refractivity contribution >= 4 is 11.4 Å². The highest BCUT2D eigenvalue weighted by Crippen LogP contribution is 2.32. The first-order valence-electron chi connectivity index (χ1n) is 6.68. The van der Waals surface area contributed by atoms with Gasteiger partial charge in [0.15, 0.2) is 0 Å². The maximum absolute atomic E-state index is 13.4. The molecule has 1 aromatic rings. The quantitative estimate of drug-likeness (QED) is 0.663. The van der Waals surface area contributed by atoms with E-state index in [0.29, 0.717) is 17.2 Å². The Labute approximate surface area is 112 Å². The van der Waals surface area contributed by atoms with E-state index in [0.717, 1.165) is 25.3 Å². The van der Waals surface area contributed by atoms with Crippen LogP contribution >= 0.6 is 0 Å². The number of nitro benzene ring substituents is 1. The topological polar surface area (TPSA) is 55.2 Å². The van der Waals surface area contributed by atoms with Crippen LogP contribution in [0.5, 0.6) is 0 Å². The van der Waals surface area contributed by atoms with Gasteiger partial charge in [0.05, 0.1) is 11.0 Å². The average Bonchev–Trinajstić information content (AvgIpc) is 2.33. The monoisotopic (exact) mass is 266 g/mol. The number of nitrogens with zero attached hydrogens (tertiary/aromatic N) is 1. The Hall–Kier alpha value is -1.65. The fraction of sp³-hybridized carbons (Fsp3) is 0.571. The van der Waals surface area contributed by atoms with Gasteiger partial charge in [-0.1, -0.05) is 19.8 Å². The van der Waals surface area contributed by atoms with E-state index >= 15 is 0 Å². The van der Waals surface area contributed by atoms with Crippen LogP contribution in [0, 0.1) is 28.8 Å². The number of rotatable bonds is 3. The summed E-state index contributed by atoms with van der Waals surface area (Å²) in [6.45, 7) is 3.81. The van der Waals surface area contributed by atoms with Gasteiger partial charge < -0.3 is 5.32 Å². The van der Waals surface area contributed by atoms with Crippen LogP contribution in [-0.4, -0.2) is 11.0 Å². The second kappa shape index (κ2) is 5.55. The minimum Gasteiger partial charge on any atom is -0.377 e. The molecule has 0 aliphatic heterocycles. The minimum atomic E-state index is -0.533. The third kappa shape index (κ3) is 3.22. The van der Waals surface area contributed by atoms with E-state index in [2.05, 4.69) is 12.2 Å². The van der Waals surface area contributed by atoms with E-state index in [4.69, 9.17) is 0 Å². The van der Waals surface area contributed by atoms with Crippen molar-refractivity contribution in [1.82, 2.24) is 0 Å². The standard InChI is InChI=1S/C14H19FN2O2/c1-9-4-3-5-11(6-9)16-13-7-10(2)12(15)8-14(13)17(18)19/h7-9,11,16H,3-6H2,1-2H3. The van der Waals surface area contributed by atoms with Gasteiger partial charge in [0.1, 0.15) is 11.5 Å². The number of nitrogens with one attached hydrogen (secondary N) is 1. The summed E-state index contributed by atoms with van der Waals surface area (Å²) in [5.74, 6) is 0.0983. The molecule has 1 fully saturated rings. The summed E-state index contributed by atoms with van der Waals surface area (Å²) < 4.78 is 13.4. The lowest BCUT2D eigenvalue weighted by Gasteiger charge is -2.28. The second-order valence-corrected chi connectivity index (χ2v) is 5.49. The Morgan fingerprint density at radius 2 is 2.16 bits per heavy atom. The summed E-state index contributed by atoms with van der Waals surface area (Å²) in [5.41, 5.74) is 0.682. The van der Waals surface area contributed by atoms with E-state index in [-0.39, 0.29) is 11.7 Å². The number of anilines is 1. The molecule has 2 unspecified atom stereocenters. The van der Waals surface area contributed by atoms with E-state index in [9.17, 15) is 14.5 Å². The number of hydrogen-bond donors (Lipinski definition) is 1. The lowest BCUT2D eigenvalue weighted by Crippen LogP contribution is -2.26. The predicted molar refractivity (Wildman–Crippen MR) is 72.8 cm³/mol. The van der Waals surface area contributed by atoms with Crippen molar-refractivity contribution in [2.75, 3.05) is 5.32 Å². The molecule has 2 atom stereocenters. The van der Waals surface area contributed by atoms with Crippen LogP contribution in [0.4, 0.5) is 15.8 Å². The molecule has 0 amide bonds.